The van der Waals surface area contributed by atoms with E-state index in [0.29, 0.717) is 19.4 Å². The van der Waals surface area contributed by atoms with Crippen molar-refractivity contribution in [2.75, 3.05) is 19.8 Å². The van der Waals surface area contributed by atoms with Crippen LogP contribution in [0, 0.1) is 0 Å². The molecule has 438 valence electrons. The van der Waals surface area contributed by atoms with Crippen LogP contribution < -0.4 is 5.32 Å². The van der Waals surface area contributed by atoms with Crippen molar-refractivity contribution in [1.82, 2.24) is 5.32 Å². The third-order valence-electron chi connectivity index (χ3n) is 13.9. The molecule has 1 rings (SSSR count). The van der Waals surface area contributed by atoms with Crippen LogP contribution >= 0.6 is 0 Å². The number of esters is 1. The average Bonchev–Trinajstić information content (AvgIpc) is 3.42. The number of carbonyl (C=O) groups excluding carboxylic acids is 2. The second kappa shape index (κ2) is 53.8. The lowest BCUT2D eigenvalue weighted by atomic mass is 9.99. The van der Waals surface area contributed by atoms with Crippen molar-refractivity contribution in [1.29, 1.82) is 0 Å². The SMILES string of the molecule is CCCC/C=C\C/C=C\CCCCCCCC(=O)OCC/C=C\C/C=C\CCCCCCCCCCCCCCCCC(=O)NC(COC1OC(CO)C(O)C(O)C1O)C(O)/C=C/CC/C=C/CC/C=C/CCCCC. The lowest BCUT2D eigenvalue weighted by Gasteiger charge is -2.40. The quantitative estimate of drug-likeness (QED) is 0.0195. The Morgan fingerprint density at radius 2 is 0.908 bits per heavy atom. The molecule has 7 unspecified atom stereocenters. The van der Waals surface area contributed by atoms with Gasteiger partial charge in [0.05, 0.1) is 32.0 Å². The van der Waals surface area contributed by atoms with E-state index in [4.69, 9.17) is 14.2 Å². The van der Waals surface area contributed by atoms with Gasteiger partial charge in [-0.3, -0.25) is 9.59 Å². The van der Waals surface area contributed by atoms with Crippen molar-refractivity contribution < 1.29 is 49.3 Å². The average molecular weight is 1070 g/mol. The molecule has 1 heterocycles. The van der Waals surface area contributed by atoms with E-state index < -0.39 is 49.5 Å². The highest BCUT2D eigenvalue weighted by Gasteiger charge is 2.44. The first-order chi connectivity index (χ1) is 37.2. The molecule has 6 N–H and O–H groups in total. The van der Waals surface area contributed by atoms with Gasteiger partial charge in [0, 0.05) is 12.8 Å². The number of amides is 1. The zero-order valence-corrected chi connectivity index (χ0v) is 48.2. The van der Waals surface area contributed by atoms with Gasteiger partial charge in [-0.15, -0.1) is 0 Å². The molecule has 11 nitrogen and oxygen atoms in total. The first-order valence-corrected chi connectivity index (χ1v) is 30.9. The van der Waals surface area contributed by atoms with Crippen molar-refractivity contribution in [2.24, 2.45) is 0 Å². The molecule has 1 amide bonds. The molecule has 7 atom stereocenters. The van der Waals surface area contributed by atoms with Crippen LogP contribution in [-0.2, 0) is 23.8 Å². The molecule has 0 bridgehead atoms. The highest BCUT2D eigenvalue weighted by atomic mass is 16.7. The number of aliphatic hydroxyl groups excluding tert-OH is 5. The monoisotopic (exact) mass is 1070 g/mol. The summed E-state index contributed by atoms with van der Waals surface area (Å²) in [5.74, 6) is -0.269. The molecule has 0 aromatic carbocycles. The van der Waals surface area contributed by atoms with Crippen LogP contribution in [0.2, 0.25) is 0 Å². The molecule has 0 saturated carbocycles. The first-order valence-electron chi connectivity index (χ1n) is 30.9. The maximum atomic E-state index is 13.0. The van der Waals surface area contributed by atoms with E-state index in [9.17, 15) is 35.1 Å². The third kappa shape index (κ3) is 42.8. The molecule has 1 aliphatic rings. The molecule has 0 spiro atoms. The number of unbranched alkanes of at least 4 members (excludes halogenated alkanes) is 26. The summed E-state index contributed by atoms with van der Waals surface area (Å²) in [6.07, 6.45) is 62.6. The summed E-state index contributed by atoms with van der Waals surface area (Å²) < 4.78 is 16.6. The number of aliphatic hydroxyl groups is 5. The minimum absolute atomic E-state index is 0.0651. The molecule has 0 radical (unpaired) electrons. The molecule has 0 aliphatic carbocycles. The van der Waals surface area contributed by atoms with Gasteiger partial charge in [0.15, 0.2) is 6.29 Å². The maximum absolute atomic E-state index is 13.0. The summed E-state index contributed by atoms with van der Waals surface area (Å²) in [6, 6.07) is -0.841. The Balaban J connectivity index is 2.09. The van der Waals surface area contributed by atoms with Crippen LogP contribution in [0.4, 0.5) is 0 Å². The lowest BCUT2D eigenvalue weighted by Crippen LogP contribution is -2.60. The highest BCUT2D eigenvalue weighted by molar-refractivity contribution is 5.76. The highest BCUT2D eigenvalue weighted by Crippen LogP contribution is 2.23. The van der Waals surface area contributed by atoms with Crippen LogP contribution in [0.25, 0.3) is 0 Å². The van der Waals surface area contributed by atoms with E-state index in [-0.39, 0.29) is 18.5 Å². The molecule has 1 saturated heterocycles. The van der Waals surface area contributed by atoms with Crippen molar-refractivity contribution in [3.05, 3.63) is 85.1 Å². The fraction of sp³-hybridized carbons (Fsp3) is 0.754. The summed E-state index contributed by atoms with van der Waals surface area (Å²) in [5.41, 5.74) is 0. The number of carbonyl (C=O) groups is 2. The molecule has 0 aromatic heterocycles. The molecular weight excluding hydrogens is 955 g/mol. The fourth-order valence-corrected chi connectivity index (χ4v) is 9.03. The predicted octanol–water partition coefficient (Wildman–Crippen LogP) is 14.6. The molecule has 0 aromatic rings. The van der Waals surface area contributed by atoms with E-state index in [1.807, 2.05) is 6.08 Å². The fourth-order valence-electron chi connectivity index (χ4n) is 9.03. The summed E-state index contributed by atoms with van der Waals surface area (Å²) in [4.78, 5) is 25.1. The van der Waals surface area contributed by atoms with Crippen molar-refractivity contribution >= 4 is 11.9 Å². The first kappa shape index (κ1) is 70.9. The van der Waals surface area contributed by atoms with Gasteiger partial charge in [-0.25, -0.2) is 0 Å². The molecule has 11 heteroatoms. The standard InChI is InChI=1S/C65H113NO10/c1-3-5-7-9-11-13-15-17-29-33-37-41-45-49-53-61(70)74-54-50-46-42-38-34-30-26-24-22-20-18-19-21-23-25-28-32-36-40-44-48-52-60(69)66-57(56-75-65-64(73)63(72)62(71)59(55-67)76-65)58(68)51-47-43-39-35-31-27-16-14-12-10-8-6-4-2/h9,11-12,14-15,17,30-31,34-35,42,46-47,51,57-59,62-65,67-68,71-73H,3-8,10,13,16,18-29,32-33,36-41,43-45,48-50,52-56H2,1-2H3,(H,66,69)/b11-9-,14-12+,17-15-,34-30-,35-31+,46-42-,51-47+. The second-order valence-electron chi connectivity index (χ2n) is 21.0. The third-order valence-corrected chi connectivity index (χ3v) is 13.9. The van der Waals surface area contributed by atoms with Crippen LogP contribution in [0.15, 0.2) is 85.1 Å². The Morgan fingerprint density at radius 3 is 1.42 bits per heavy atom. The van der Waals surface area contributed by atoms with Crippen LogP contribution in [0.3, 0.4) is 0 Å². The Morgan fingerprint density at radius 1 is 0.487 bits per heavy atom. The van der Waals surface area contributed by atoms with Crippen LogP contribution in [0.5, 0.6) is 0 Å². The number of hydrogen-bond donors (Lipinski definition) is 6. The molecule has 1 fully saturated rings. The van der Waals surface area contributed by atoms with Gasteiger partial charge < -0.3 is 45.1 Å². The Kier molecular flexibility index (Phi) is 50.2. The summed E-state index contributed by atoms with van der Waals surface area (Å²) in [6.45, 7) is 4.12. The summed E-state index contributed by atoms with van der Waals surface area (Å²) >= 11 is 0. The van der Waals surface area contributed by atoms with Gasteiger partial charge in [-0.2, -0.15) is 0 Å². The number of nitrogens with one attached hydrogen (secondary N) is 1. The minimum Gasteiger partial charge on any atom is -0.465 e. The number of hydrogen-bond acceptors (Lipinski definition) is 10. The Bertz CT molecular complexity index is 1540. The number of rotatable bonds is 52. The van der Waals surface area contributed by atoms with E-state index in [1.54, 1.807) is 6.08 Å². The van der Waals surface area contributed by atoms with Crippen LogP contribution in [-0.4, -0.2) is 100 Å². The van der Waals surface area contributed by atoms with Gasteiger partial charge in [0.2, 0.25) is 5.91 Å². The molecular formula is C65H113NO10. The lowest BCUT2D eigenvalue weighted by molar-refractivity contribution is -0.302. The van der Waals surface area contributed by atoms with Crippen LogP contribution in [0.1, 0.15) is 251 Å². The largest absolute Gasteiger partial charge is 0.465 e. The van der Waals surface area contributed by atoms with Gasteiger partial charge >= 0.3 is 5.97 Å². The van der Waals surface area contributed by atoms with Crippen molar-refractivity contribution in [3.8, 4) is 0 Å². The topological polar surface area (TPSA) is 175 Å². The smallest absolute Gasteiger partial charge is 0.305 e. The normalized spacial score (nSPS) is 19.3. The Labute approximate surface area is 463 Å². The van der Waals surface area contributed by atoms with Crippen molar-refractivity contribution in [2.45, 2.75) is 294 Å². The zero-order valence-electron chi connectivity index (χ0n) is 48.2. The molecule has 76 heavy (non-hydrogen) atoms. The van der Waals surface area contributed by atoms with Gasteiger partial charge in [-0.05, 0) is 103 Å². The van der Waals surface area contributed by atoms with E-state index in [1.165, 1.54) is 122 Å². The number of allylic oxidation sites excluding steroid dienone is 12. The van der Waals surface area contributed by atoms with Crippen molar-refractivity contribution in [3.63, 3.8) is 0 Å². The second-order valence-corrected chi connectivity index (χ2v) is 21.0. The Hall–Kier alpha value is -3.16. The van der Waals surface area contributed by atoms with E-state index in [0.717, 1.165) is 103 Å². The zero-order chi connectivity index (χ0) is 55.2. The summed E-state index contributed by atoms with van der Waals surface area (Å²) in [7, 11) is 0. The van der Waals surface area contributed by atoms with Gasteiger partial charge in [0.25, 0.3) is 0 Å². The van der Waals surface area contributed by atoms with Gasteiger partial charge in [-0.1, -0.05) is 221 Å². The predicted molar refractivity (Wildman–Crippen MR) is 315 cm³/mol. The van der Waals surface area contributed by atoms with E-state index >= 15 is 0 Å². The molecule has 1 aliphatic heterocycles. The maximum Gasteiger partial charge on any atom is 0.305 e. The van der Waals surface area contributed by atoms with E-state index in [2.05, 4.69) is 92.1 Å². The van der Waals surface area contributed by atoms with Gasteiger partial charge in [0.1, 0.15) is 24.4 Å². The minimum atomic E-state index is -1.58. The number of ether oxygens (including phenoxy) is 3. The summed E-state index contributed by atoms with van der Waals surface area (Å²) in [5, 5.41) is 54.4.